The summed E-state index contributed by atoms with van der Waals surface area (Å²) in [6, 6.07) is 40.4. The Morgan fingerprint density at radius 3 is 1.16 bits per heavy atom. The zero-order valence-corrected chi connectivity index (χ0v) is 15.7. The second-order valence-corrected chi connectivity index (χ2v) is 13.4. The van der Waals surface area contributed by atoms with E-state index in [1.165, 1.54) is 19.8 Å². The van der Waals surface area contributed by atoms with Crippen molar-refractivity contribution in [2.75, 3.05) is 0 Å². The second-order valence-electron chi connectivity index (χ2n) is 6.38. The molecular formula is C24H18As. The molecule has 1 aliphatic heterocycles. The van der Waals surface area contributed by atoms with Crippen molar-refractivity contribution in [3.63, 3.8) is 0 Å². The summed E-state index contributed by atoms with van der Waals surface area (Å²) in [4.78, 5) is 0. The van der Waals surface area contributed by atoms with Gasteiger partial charge in [0.1, 0.15) is 0 Å². The predicted octanol–water partition coefficient (Wildman–Crippen LogP) is 3.04. The molecule has 0 spiro atoms. The van der Waals surface area contributed by atoms with Crippen molar-refractivity contribution >= 4 is 31.0 Å². The van der Waals surface area contributed by atoms with Crippen LogP contribution in [0.5, 0.6) is 0 Å². The summed E-state index contributed by atoms with van der Waals surface area (Å²) in [5.74, 6) is 0. The summed E-state index contributed by atoms with van der Waals surface area (Å²) < 4.78 is 6.06. The van der Waals surface area contributed by atoms with Gasteiger partial charge in [0.25, 0.3) is 0 Å². The van der Waals surface area contributed by atoms with Crippen LogP contribution in [0.15, 0.2) is 109 Å². The summed E-state index contributed by atoms with van der Waals surface area (Å²) >= 11 is -2.69. The molecule has 0 N–H and O–H groups in total. The molecule has 119 valence electrons. The van der Waals surface area contributed by atoms with E-state index in [2.05, 4.69) is 109 Å². The first-order valence-corrected chi connectivity index (χ1v) is 12.4. The van der Waals surface area contributed by atoms with Crippen molar-refractivity contribution in [3.8, 4) is 11.1 Å². The molecule has 1 radical (unpaired) electrons. The third kappa shape index (κ3) is 2.01. The molecule has 25 heavy (non-hydrogen) atoms. The maximum absolute atomic E-state index is 2.69. The topological polar surface area (TPSA) is 0 Å². The molecular weight excluding hydrogens is 363 g/mol. The van der Waals surface area contributed by atoms with Crippen molar-refractivity contribution in [2.24, 2.45) is 0 Å². The van der Waals surface area contributed by atoms with E-state index < -0.39 is 13.6 Å². The van der Waals surface area contributed by atoms with Crippen LogP contribution in [0.1, 0.15) is 0 Å². The van der Waals surface area contributed by atoms with Crippen LogP contribution in [0.2, 0.25) is 0 Å². The summed E-state index contributed by atoms with van der Waals surface area (Å²) in [7, 11) is 0. The fourth-order valence-corrected chi connectivity index (χ4v) is 13.9. The molecule has 0 aliphatic carbocycles. The molecule has 0 amide bonds. The van der Waals surface area contributed by atoms with E-state index in [1.54, 1.807) is 8.70 Å². The fraction of sp³-hybridized carbons (Fsp3) is 0. The third-order valence-electron chi connectivity index (χ3n) is 5.11. The molecule has 0 atom stereocenters. The Bertz CT molecular complexity index is 949. The minimum atomic E-state index is -2.69. The first kappa shape index (κ1) is 14.8. The number of fused-ring (bicyclic) bond motifs is 3. The Hall–Kier alpha value is -2.56. The van der Waals surface area contributed by atoms with E-state index in [-0.39, 0.29) is 0 Å². The molecule has 0 nitrogen and oxygen atoms in total. The van der Waals surface area contributed by atoms with Gasteiger partial charge in [0, 0.05) is 0 Å². The molecule has 0 bridgehead atoms. The molecule has 5 rings (SSSR count). The van der Waals surface area contributed by atoms with Crippen LogP contribution < -0.4 is 17.4 Å². The Labute approximate surface area is 151 Å². The average molecular weight is 381 g/mol. The first-order valence-electron chi connectivity index (χ1n) is 8.62. The van der Waals surface area contributed by atoms with Gasteiger partial charge in [-0.15, -0.1) is 0 Å². The Balaban J connectivity index is 1.98. The van der Waals surface area contributed by atoms with Gasteiger partial charge in [0.05, 0.1) is 0 Å². The molecule has 0 saturated carbocycles. The van der Waals surface area contributed by atoms with Gasteiger partial charge in [-0.3, -0.25) is 0 Å². The molecule has 0 fully saturated rings. The van der Waals surface area contributed by atoms with Crippen molar-refractivity contribution in [2.45, 2.75) is 0 Å². The van der Waals surface area contributed by atoms with Gasteiger partial charge in [-0.2, -0.15) is 0 Å². The molecule has 0 unspecified atom stereocenters. The van der Waals surface area contributed by atoms with Crippen LogP contribution in [-0.4, -0.2) is 13.6 Å². The fourth-order valence-electron chi connectivity index (χ4n) is 4.13. The minimum absolute atomic E-state index is 1.42. The van der Waals surface area contributed by atoms with Crippen molar-refractivity contribution < 1.29 is 0 Å². The van der Waals surface area contributed by atoms with Crippen molar-refractivity contribution in [3.05, 3.63) is 109 Å². The standard InChI is InChI=1S/C24H18As/c1-3-11-19(12-4-1)25(20-13-5-2-6-14-20)23-17-9-7-15-21(23)22-16-8-10-18-24(22)25/h1-18H. The number of hydrogen-bond acceptors (Lipinski definition) is 0. The quantitative estimate of drug-likeness (QED) is 0.413. The van der Waals surface area contributed by atoms with Gasteiger partial charge in [-0.25, -0.2) is 0 Å². The van der Waals surface area contributed by atoms with E-state index >= 15 is 0 Å². The maximum atomic E-state index is 2.36. The van der Waals surface area contributed by atoms with Crippen molar-refractivity contribution in [1.82, 2.24) is 0 Å². The van der Waals surface area contributed by atoms with E-state index in [9.17, 15) is 0 Å². The third-order valence-corrected chi connectivity index (χ3v) is 14.3. The van der Waals surface area contributed by atoms with Crippen molar-refractivity contribution in [1.29, 1.82) is 0 Å². The monoisotopic (exact) mass is 381 g/mol. The Morgan fingerprint density at radius 1 is 0.360 bits per heavy atom. The number of benzene rings is 4. The van der Waals surface area contributed by atoms with Crippen LogP contribution >= 0.6 is 0 Å². The Morgan fingerprint density at radius 2 is 0.720 bits per heavy atom. The van der Waals surface area contributed by atoms with Gasteiger partial charge in [0.2, 0.25) is 0 Å². The molecule has 0 aromatic heterocycles. The van der Waals surface area contributed by atoms with Gasteiger partial charge in [-0.05, 0) is 0 Å². The number of rotatable bonds is 2. The van der Waals surface area contributed by atoms with E-state index in [1.807, 2.05) is 0 Å². The van der Waals surface area contributed by atoms with E-state index in [0.717, 1.165) is 0 Å². The van der Waals surface area contributed by atoms with Gasteiger partial charge < -0.3 is 0 Å². The van der Waals surface area contributed by atoms with Gasteiger partial charge >= 0.3 is 151 Å². The molecule has 1 heteroatoms. The molecule has 4 aromatic rings. The van der Waals surface area contributed by atoms with Crippen LogP contribution in [0, 0.1) is 0 Å². The summed E-state index contributed by atoms with van der Waals surface area (Å²) in [6.07, 6.45) is 0. The Kier molecular flexibility index (Phi) is 3.40. The predicted molar refractivity (Wildman–Crippen MR) is 109 cm³/mol. The normalized spacial score (nSPS) is 13.9. The first-order chi connectivity index (χ1) is 12.4. The van der Waals surface area contributed by atoms with Crippen LogP contribution in [-0.2, 0) is 0 Å². The van der Waals surface area contributed by atoms with Crippen LogP contribution in [0.4, 0.5) is 0 Å². The van der Waals surface area contributed by atoms with Crippen LogP contribution in [0.3, 0.4) is 0 Å². The SMILES string of the molecule is c1ccc([As]2(c3ccccc3)c3ccccc3-c3ccccc32)cc1. The van der Waals surface area contributed by atoms with Gasteiger partial charge in [0.15, 0.2) is 0 Å². The van der Waals surface area contributed by atoms with Crippen LogP contribution in [0.25, 0.3) is 11.1 Å². The molecule has 0 saturated heterocycles. The zero-order valence-electron chi connectivity index (χ0n) is 13.8. The summed E-state index contributed by atoms with van der Waals surface area (Å²) in [5.41, 5.74) is 2.83. The molecule has 4 aromatic carbocycles. The summed E-state index contributed by atoms with van der Waals surface area (Å²) in [5, 5.41) is 0. The zero-order chi connectivity index (χ0) is 16.7. The molecule has 1 heterocycles. The van der Waals surface area contributed by atoms with E-state index in [4.69, 9.17) is 0 Å². The van der Waals surface area contributed by atoms with Gasteiger partial charge in [-0.1, -0.05) is 0 Å². The number of hydrogen-bond donors (Lipinski definition) is 0. The summed E-state index contributed by atoms with van der Waals surface area (Å²) in [6.45, 7) is 0. The average Bonchev–Trinajstić information content (AvgIpc) is 3.01. The second kappa shape index (κ2) is 5.76. The van der Waals surface area contributed by atoms with E-state index in [0.29, 0.717) is 0 Å². The molecule has 1 aliphatic rings.